The SMILES string of the molecule is CCOc1cc(/C=C2/NC(=O)N(Cc3ccccc3F)C2=O)ccc1OCc1ccccc1C#N. The van der Waals surface area contributed by atoms with Gasteiger partial charge in [-0.15, -0.1) is 0 Å². The zero-order valence-electron chi connectivity index (χ0n) is 19.0. The third-order valence-corrected chi connectivity index (χ3v) is 5.35. The average Bonchev–Trinajstić information content (AvgIpc) is 3.12. The first-order valence-corrected chi connectivity index (χ1v) is 11.0. The number of halogens is 1. The van der Waals surface area contributed by atoms with Crippen LogP contribution in [0.2, 0.25) is 0 Å². The van der Waals surface area contributed by atoms with E-state index in [1.54, 1.807) is 42.5 Å². The number of benzene rings is 3. The van der Waals surface area contributed by atoms with Gasteiger partial charge in [0.25, 0.3) is 5.91 Å². The lowest BCUT2D eigenvalue weighted by atomic mass is 10.1. The van der Waals surface area contributed by atoms with E-state index in [4.69, 9.17) is 9.47 Å². The molecule has 1 aliphatic rings. The van der Waals surface area contributed by atoms with Gasteiger partial charge in [-0.05, 0) is 42.8 Å². The minimum atomic E-state index is -0.620. The lowest BCUT2D eigenvalue weighted by Crippen LogP contribution is -2.30. The second kappa shape index (κ2) is 10.5. The molecule has 1 aliphatic heterocycles. The Hall–Kier alpha value is -4.64. The normalized spacial score (nSPS) is 14.1. The molecule has 3 amide bonds. The number of hydrogen-bond acceptors (Lipinski definition) is 5. The van der Waals surface area contributed by atoms with Crippen molar-refractivity contribution in [1.29, 1.82) is 5.26 Å². The molecule has 1 N–H and O–H groups in total. The van der Waals surface area contributed by atoms with Crippen LogP contribution < -0.4 is 14.8 Å². The summed E-state index contributed by atoms with van der Waals surface area (Å²) in [7, 11) is 0. The van der Waals surface area contributed by atoms with Gasteiger partial charge in [0.1, 0.15) is 18.1 Å². The van der Waals surface area contributed by atoms with Crippen LogP contribution in [0.5, 0.6) is 11.5 Å². The molecule has 0 radical (unpaired) electrons. The van der Waals surface area contributed by atoms with Crippen molar-refractivity contribution in [2.75, 3.05) is 6.61 Å². The molecule has 0 unspecified atom stereocenters. The zero-order valence-corrected chi connectivity index (χ0v) is 19.0. The largest absolute Gasteiger partial charge is 0.490 e. The van der Waals surface area contributed by atoms with Gasteiger partial charge in [-0.2, -0.15) is 5.26 Å². The van der Waals surface area contributed by atoms with Gasteiger partial charge in [0.15, 0.2) is 11.5 Å². The molecule has 3 aromatic carbocycles. The van der Waals surface area contributed by atoms with Crippen molar-refractivity contribution < 1.29 is 23.5 Å². The van der Waals surface area contributed by atoms with Crippen LogP contribution >= 0.6 is 0 Å². The third-order valence-electron chi connectivity index (χ3n) is 5.35. The Morgan fingerprint density at radius 2 is 1.74 bits per heavy atom. The Balaban J connectivity index is 1.53. The summed E-state index contributed by atoms with van der Waals surface area (Å²) in [5.41, 5.74) is 2.20. The van der Waals surface area contributed by atoms with Crippen LogP contribution in [0.15, 0.2) is 72.4 Å². The highest BCUT2D eigenvalue weighted by molar-refractivity contribution is 6.13. The van der Waals surface area contributed by atoms with E-state index < -0.39 is 17.8 Å². The van der Waals surface area contributed by atoms with E-state index >= 15 is 0 Å². The summed E-state index contributed by atoms with van der Waals surface area (Å²) in [4.78, 5) is 26.1. The third kappa shape index (κ3) is 5.31. The fraction of sp³-hybridized carbons (Fsp3) is 0.148. The second-order valence-corrected chi connectivity index (χ2v) is 7.67. The summed E-state index contributed by atoms with van der Waals surface area (Å²) in [5, 5.41) is 11.8. The van der Waals surface area contributed by atoms with Gasteiger partial charge in [-0.3, -0.25) is 9.69 Å². The highest BCUT2D eigenvalue weighted by atomic mass is 19.1. The standard InChI is InChI=1S/C27H22FN3O4/c1-2-34-25-14-18(11-12-24(25)35-17-21-9-4-3-7-19(21)15-29)13-23-26(32)31(27(33)30-23)16-20-8-5-6-10-22(20)28/h3-14H,2,16-17H2,1H3,(H,30,33)/b23-13+. The van der Waals surface area contributed by atoms with Crippen molar-refractivity contribution in [3.05, 3.63) is 100 Å². The van der Waals surface area contributed by atoms with E-state index in [1.807, 2.05) is 19.1 Å². The number of rotatable bonds is 8. The molecular formula is C27H22FN3O4. The van der Waals surface area contributed by atoms with Crippen LogP contribution in [0, 0.1) is 17.1 Å². The highest BCUT2D eigenvalue weighted by Gasteiger charge is 2.34. The Morgan fingerprint density at radius 3 is 2.49 bits per heavy atom. The quantitative estimate of drug-likeness (QED) is 0.378. The van der Waals surface area contributed by atoms with Crippen LogP contribution in [-0.2, 0) is 17.9 Å². The fourth-order valence-electron chi connectivity index (χ4n) is 3.59. The first-order valence-electron chi connectivity index (χ1n) is 11.0. The Labute approximate surface area is 202 Å². The van der Waals surface area contributed by atoms with Crippen molar-refractivity contribution in [2.45, 2.75) is 20.1 Å². The van der Waals surface area contributed by atoms with Crippen LogP contribution in [0.3, 0.4) is 0 Å². The van der Waals surface area contributed by atoms with E-state index in [-0.39, 0.29) is 24.4 Å². The van der Waals surface area contributed by atoms with Crippen molar-refractivity contribution in [3.63, 3.8) is 0 Å². The molecular weight excluding hydrogens is 449 g/mol. The lowest BCUT2D eigenvalue weighted by Gasteiger charge is -2.13. The van der Waals surface area contributed by atoms with Crippen molar-refractivity contribution in [3.8, 4) is 17.6 Å². The summed E-state index contributed by atoms with van der Waals surface area (Å²) in [6, 6.07) is 19.8. The number of carbonyl (C=O) groups excluding carboxylic acids is 2. The number of nitrogens with zero attached hydrogens (tertiary/aromatic N) is 2. The minimum absolute atomic E-state index is 0.0744. The molecule has 1 saturated heterocycles. The van der Waals surface area contributed by atoms with Gasteiger partial charge in [0, 0.05) is 11.1 Å². The maximum Gasteiger partial charge on any atom is 0.329 e. The summed E-state index contributed by atoms with van der Waals surface area (Å²) < 4.78 is 25.6. The summed E-state index contributed by atoms with van der Waals surface area (Å²) >= 11 is 0. The molecule has 1 heterocycles. The molecule has 0 spiro atoms. The van der Waals surface area contributed by atoms with Gasteiger partial charge < -0.3 is 14.8 Å². The number of nitriles is 1. The van der Waals surface area contributed by atoms with Gasteiger partial charge in [0.2, 0.25) is 0 Å². The molecule has 3 aromatic rings. The van der Waals surface area contributed by atoms with Crippen molar-refractivity contribution >= 4 is 18.0 Å². The van der Waals surface area contributed by atoms with Gasteiger partial charge in [-0.1, -0.05) is 42.5 Å². The summed E-state index contributed by atoms with van der Waals surface area (Å²) in [6.07, 6.45) is 1.53. The first-order chi connectivity index (χ1) is 17.0. The summed E-state index contributed by atoms with van der Waals surface area (Å²) in [5.74, 6) is -0.106. The predicted octanol–water partition coefficient (Wildman–Crippen LogP) is 4.77. The van der Waals surface area contributed by atoms with E-state index in [0.717, 1.165) is 10.5 Å². The highest BCUT2D eigenvalue weighted by Crippen LogP contribution is 2.31. The maximum atomic E-state index is 14.0. The van der Waals surface area contributed by atoms with Crippen LogP contribution in [-0.4, -0.2) is 23.4 Å². The monoisotopic (exact) mass is 471 g/mol. The van der Waals surface area contributed by atoms with Gasteiger partial charge in [-0.25, -0.2) is 9.18 Å². The van der Waals surface area contributed by atoms with E-state index in [0.29, 0.717) is 29.2 Å². The summed E-state index contributed by atoms with van der Waals surface area (Å²) in [6.45, 7) is 2.23. The molecule has 4 rings (SSSR count). The first kappa shape index (κ1) is 23.5. The predicted molar refractivity (Wildman–Crippen MR) is 127 cm³/mol. The minimum Gasteiger partial charge on any atom is -0.490 e. The van der Waals surface area contributed by atoms with Crippen LogP contribution in [0.25, 0.3) is 6.08 Å². The maximum absolute atomic E-state index is 14.0. The average molecular weight is 471 g/mol. The zero-order chi connectivity index (χ0) is 24.8. The molecule has 0 atom stereocenters. The van der Waals surface area contributed by atoms with Crippen LogP contribution in [0.1, 0.15) is 29.2 Å². The molecule has 8 heteroatoms. The number of amides is 3. The Morgan fingerprint density at radius 1 is 1.00 bits per heavy atom. The second-order valence-electron chi connectivity index (χ2n) is 7.67. The Kier molecular flexibility index (Phi) is 7.07. The van der Waals surface area contributed by atoms with Crippen molar-refractivity contribution in [2.24, 2.45) is 0 Å². The Bertz CT molecular complexity index is 1350. The number of urea groups is 1. The van der Waals surface area contributed by atoms with Crippen LogP contribution in [0.4, 0.5) is 9.18 Å². The van der Waals surface area contributed by atoms with Gasteiger partial charge in [0.05, 0.1) is 24.8 Å². The van der Waals surface area contributed by atoms with Gasteiger partial charge >= 0.3 is 6.03 Å². The molecule has 0 bridgehead atoms. The topological polar surface area (TPSA) is 91.7 Å². The molecule has 1 fully saturated rings. The van der Waals surface area contributed by atoms with E-state index in [1.165, 1.54) is 18.2 Å². The molecule has 7 nitrogen and oxygen atoms in total. The number of hydrogen-bond donors (Lipinski definition) is 1. The molecule has 0 saturated carbocycles. The fourth-order valence-corrected chi connectivity index (χ4v) is 3.59. The molecule has 0 aromatic heterocycles. The molecule has 176 valence electrons. The smallest absolute Gasteiger partial charge is 0.329 e. The molecule has 35 heavy (non-hydrogen) atoms. The molecule has 0 aliphatic carbocycles. The van der Waals surface area contributed by atoms with E-state index in [9.17, 15) is 19.2 Å². The number of nitrogens with one attached hydrogen (secondary N) is 1. The number of imide groups is 1. The lowest BCUT2D eigenvalue weighted by molar-refractivity contribution is -0.123. The van der Waals surface area contributed by atoms with E-state index in [2.05, 4.69) is 11.4 Å². The number of carbonyl (C=O) groups is 2. The van der Waals surface area contributed by atoms with Crippen molar-refractivity contribution in [1.82, 2.24) is 10.2 Å². The number of ether oxygens (including phenoxy) is 2.